The molecule has 4 rings (SSSR count). The van der Waals surface area contributed by atoms with E-state index in [1.165, 1.54) is 0 Å². The van der Waals surface area contributed by atoms with Gasteiger partial charge in [-0.3, -0.25) is 4.98 Å². The number of hydrogen-bond acceptors (Lipinski definition) is 6. The smallest absolute Gasteiger partial charge is 0.183 e. The Balaban J connectivity index is 1.80. The average Bonchev–Trinajstić information content (AvgIpc) is 3.16. The van der Waals surface area contributed by atoms with Crippen LogP contribution in [0, 0.1) is 0 Å². The molecule has 1 unspecified atom stereocenters. The van der Waals surface area contributed by atoms with Crippen LogP contribution in [-0.4, -0.2) is 31.3 Å². The second-order valence-corrected chi connectivity index (χ2v) is 5.30. The summed E-state index contributed by atoms with van der Waals surface area (Å²) in [5.41, 5.74) is 3.81. The zero-order chi connectivity index (χ0) is 13.4. The van der Waals surface area contributed by atoms with Gasteiger partial charge in [0, 0.05) is 30.9 Å². The van der Waals surface area contributed by atoms with Gasteiger partial charge in [-0.05, 0) is 11.6 Å². The highest BCUT2D eigenvalue weighted by Crippen LogP contribution is 2.27. The Bertz CT molecular complexity index is 706. The maximum Gasteiger partial charge on any atom is 0.183 e. The van der Waals surface area contributed by atoms with Gasteiger partial charge in [0.15, 0.2) is 11.6 Å². The van der Waals surface area contributed by atoms with Crippen molar-refractivity contribution >= 4 is 11.3 Å². The number of aromatic nitrogens is 5. The van der Waals surface area contributed by atoms with Crippen molar-refractivity contribution in [3.8, 4) is 11.5 Å². The van der Waals surface area contributed by atoms with Crippen molar-refractivity contribution < 1.29 is 0 Å². The van der Waals surface area contributed by atoms with Crippen LogP contribution in [0.25, 0.3) is 11.5 Å². The van der Waals surface area contributed by atoms with Crippen LogP contribution in [0.1, 0.15) is 17.4 Å². The first-order valence-corrected chi connectivity index (χ1v) is 7.33. The highest BCUT2D eigenvalue weighted by Gasteiger charge is 2.27. The molecule has 4 heterocycles. The van der Waals surface area contributed by atoms with Crippen molar-refractivity contribution in [1.29, 1.82) is 0 Å². The summed E-state index contributed by atoms with van der Waals surface area (Å²) >= 11 is 1.57. The second kappa shape index (κ2) is 4.77. The molecule has 1 aliphatic heterocycles. The van der Waals surface area contributed by atoms with Crippen molar-refractivity contribution in [2.75, 3.05) is 6.54 Å². The summed E-state index contributed by atoms with van der Waals surface area (Å²) in [7, 11) is 0. The van der Waals surface area contributed by atoms with Crippen LogP contribution < -0.4 is 5.32 Å². The van der Waals surface area contributed by atoms with Crippen LogP contribution in [0.3, 0.4) is 0 Å². The summed E-state index contributed by atoms with van der Waals surface area (Å²) in [6.07, 6.45) is 3.64. The first kappa shape index (κ1) is 11.7. The van der Waals surface area contributed by atoms with E-state index >= 15 is 0 Å². The normalized spacial score (nSPS) is 17.9. The van der Waals surface area contributed by atoms with E-state index < -0.39 is 0 Å². The van der Waals surface area contributed by atoms with E-state index in [0.29, 0.717) is 0 Å². The van der Waals surface area contributed by atoms with E-state index in [4.69, 9.17) is 0 Å². The van der Waals surface area contributed by atoms with Crippen LogP contribution >= 0.6 is 11.3 Å². The Morgan fingerprint density at radius 1 is 1.35 bits per heavy atom. The van der Waals surface area contributed by atoms with Crippen molar-refractivity contribution in [1.82, 2.24) is 30.0 Å². The summed E-state index contributed by atoms with van der Waals surface area (Å²) in [4.78, 5) is 8.51. The van der Waals surface area contributed by atoms with E-state index in [1.54, 1.807) is 17.5 Å². The van der Waals surface area contributed by atoms with E-state index in [0.717, 1.165) is 36.0 Å². The Hall–Kier alpha value is -2.12. The SMILES string of the molecule is c1cncc(C2NCCn3c(-c4cscn4)nnc32)c1. The van der Waals surface area contributed by atoms with Gasteiger partial charge in [0.2, 0.25) is 0 Å². The molecule has 0 aromatic carbocycles. The third kappa shape index (κ3) is 1.83. The molecule has 3 aromatic rings. The summed E-state index contributed by atoms with van der Waals surface area (Å²) in [6, 6.07) is 4.03. The van der Waals surface area contributed by atoms with Gasteiger partial charge in [0.1, 0.15) is 5.69 Å². The van der Waals surface area contributed by atoms with Gasteiger partial charge < -0.3 is 9.88 Å². The average molecular weight is 284 g/mol. The molecule has 0 bridgehead atoms. The van der Waals surface area contributed by atoms with Crippen LogP contribution in [0.4, 0.5) is 0 Å². The molecule has 1 aliphatic rings. The van der Waals surface area contributed by atoms with E-state index in [-0.39, 0.29) is 6.04 Å². The van der Waals surface area contributed by atoms with Crippen molar-refractivity contribution in [2.45, 2.75) is 12.6 Å². The molecule has 7 heteroatoms. The first-order valence-electron chi connectivity index (χ1n) is 6.38. The quantitative estimate of drug-likeness (QED) is 0.772. The molecule has 20 heavy (non-hydrogen) atoms. The molecule has 0 aliphatic carbocycles. The molecule has 0 radical (unpaired) electrons. The molecule has 1 atom stereocenters. The Morgan fingerprint density at radius 2 is 2.35 bits per heavy atom. The number of thiazole rings is 1. The number of fused-ring (bicyclic) bond motifs is 1. The number of nitrogens with one attached hydrogen (secondary N) is 1. The fraction of sp³-hybridized carbons (Fsp3) is 0.231. The van der Waals surface area contributed by atoms with Crippen molar-refractivity contribution in [3.63, 3.8) is 0 Å². The maximum atomic E-state index is 4.36. The van der Waals surface area contributed by atoms with E-state index in [2.05, 4.69) is 36.1 Å². The number of nitrogens with zero attached hydrogens (tertiary/aromatic N) is 5. The lowest BCUT2D eigenvalue weighted by Crippen LogP contribution is -2.34. The monoisotopic (exact) mass is 284 g/mol. The zero-order valence-electron chi connectivity index (χ0n) is 10.6. The third-order valence-corrected chi connectivity index (χ3v) is 3.99. The minimum absolute atomic E-state index is 0.0392. The summed E-state index contributed by atoms with van der Waals surface area (Å²) in [6.45, 7) is 1.73. The van der Waals surface area contributed by atoms with Gasteiger partial charge in [-0.15, -0.1) is 21.5 Å². The number of hydrogen-bond donors (Lipinski definition) is 1. The second-order valence-electron chi connectivity index (χ2n) is 4.58. The van der Waals surface area contributed by atoms with Gasteiger partial charge in [-0.25, -0.2) is 4.98 Å². The van der Waals surface area contributed by atoms with Crippen LogP contribution in [0.5, 0.6) is 0 Å². The zero-order valence-corrected chi connectivity index (χ0v) is 11.4. The van der Waals surface area contributed by atoms with Crippen molar-refractivity contribution in [3.05, 3.63) is 46.8 Å². The fourth-order valence-electron chi connectivity index (χ4n) is 2.49. The molecule has 0 amide bonds. The van der Waals surface area contributed by atoms with Crippen LogP contribution in [0.15, 0.2) is 35.4 Å². The Morgan fingerprint density at radius 3 is 3.15 bits per heavy atom. The van der Waals surface area contributed by atoms with Gasteiger partial charge in [-0.1, -0.05) is 6.07 Å². The first-order chi connectivity index (χ1) is 9.93. The largest absolute Gasteiger partial charge is 0.307 e. The fourth-order valence-corrected chi connectivity index (χ4v) is 3.02. The number of pyridine rings is 1. The highest BCUT2D eigenvalue weighted by molar-refractivity contribution is 7.07. The summed E-state index contributed by atoms with van der Waals surface area (Å²) in [5.74, 6) is 1.77. The molecular weight excluding hydrogens is 272 g/mol. The standard InChI is InChI=1S/C13H12N6S/c1-2-9(6-14-3-1)11-13-18-17-12(10-7-20-8-16-10)19(13)5-4-15-11/h1-3,6-8,11,15H,4-5H2. The lowest BCUT2D eigenvalue weighted by Gasteiger charge is -2.24. The lowest BCUT2D eigenvalue weighted by atomic mass is 10.1. The van der Waals surface area contributed by atoms with Gasteiger partial charge in [0.05, 0.1) is 11.6 Å². The molecule has 0 saturated heterocycles. The van der Waals surface area contributed by atoms with E-state index in [9.17, 15) is 0 Å². The summed E-state index contributed by atoms with van der Waals surface area (Å²) < 4.78 is 2.14. The summed E-state index contributed by atoms with van der Waals surface area (Å²) in [5, 5.41) is 14.1. The molecule has 0 saturated carbocycles. The Kier molecular flexibility index (Phi) is 2.79. The maximum absolute atomic E-state index is 4.36. The van der Waals surface area contributed by atoms with E-state index in [1.807, 2.05) is 23.2 Å². The van der Waals surface area contributed by atoms with Gasteiger partial charge in [0.25, 0.3) is 0 Å². The topological polar surface area (TPSA) is 68.5 Å². The van der Waals surface area contributed by atoms with Crippen LogP contribution in [-0.2, 0) is 6.54 Å². The predicted octanol–water partition coefficient (Wildman–Crippen LogP) is 1.49. The Labute approximate surface area is 119 Å². The molecule has 1 N–H and O–H groups in total. The van der Waals surface area contributed by atoms with Crippen LogP contribution in [0.2, 0.25) is 0 Å². The third-order valence-electron chi connectivity index (χ3n) is 3.40. The van der Waals surface area contributed by atoms with Gasteiger partial charge >= 0.3 is 0 Å². The molecule has 0 spiro atoms. The number of rotatable bonds is 2. The molecule has 0 fully saturated rings. The van der Waals surface area contributed by atoms with Gasteiger partial charge in [-0.2, -0.15) is 0 Å². The molecular formula is C13H12N6S. The minimum Gasteiger partial charge on any atom is -0.307 e. The molecule has 3 aromatic heterocycles. The van der Waals surface area contributed by atoms with Crippen molar-refractivity contribution in [2.24, 2.45) is 0 Å². The minimum atomic E-state index is 0.0392. The predicted molar refractivity (Wildman–Crippen MR) is 75.2 cm³/mol. The lowest BCUT2D eigenvalue weighted by molar-refractivity contribution is 0.457. The highest BCUT2D eigenvalue weighted by atomic mass is 32.1. The molecule has 100 valence electrons. The molecule has 6 nitrogen and oxygen atoms in total.